The summed E-state index contributed by atoms with van der Waals surface area (Å²) in [6, 6.07) is 2.81. The van der Waals surface area contributed by atoms with Crippen LogP contribution in [0.2, 0.25) is 0 Å². The molecule has 0 saturated carbocycles. The molecule has 0 aliphatic rings. The van der Waals surface area contributed by atoms with Crippen molar-refractivity contribution in [3.8, 4) is 11.5 Å². The van der Waals surface area contributed by atoms with E-state index in [2.05, 4.69) is 0 Å². The number of aromatic carboxylic acids is 1. The molecule has 1 aromatic carbocycles. The number of ether oxygens (including phenoxy) is 1. The SMILES string of the molecule is C/C=C/Cc1c(O)cc(OC)cc1C(=O)O. The first-order valence-electron chi connectivity index (χ1n) is 4.84. The Balaban J connectivity index is 3.27. The largest absolute Gasteiger partial charge is 0.507 e. The zero-order valence-electron chi connectivity index (χ0n) is 9.23. The van der Waals surface area contributed by atoms with Gasteiger partial charge < -0.3 is 14.9 Å². The number of hydrogen-bond donors (Lipinski definition) is 2. The van der Waals surface area contributed by atoms with Gasteiger partial charge >= 0.3 is 5.97 Å². The van der Waals surface area contributed by atoms with Gasteiger partial charge in [0.05, 0.1) is 12.7 Å². The van der Waals surface area contributed by atoms with Crippen molar-refractivity contribution in [1.29, 1.82) is 0 Å². The molecule has 0 aromatic heterocycles. The molecule has 0 fully saturated rings. The predicted octanol–water partition coefficient (Wildman–Crippen LogP) is 2.22. The number of allylic oxidation sites excluding steroid dienone is 2. The fraction of sp³-hybridized carbons (Fsp3) is 0.250. The summed E-state index contributed by atoms with van der Waals surface area (Å²) >= 11 is 0. The maximum absolute atomic E-state index is 11.0. The fourth-order valence-electron chi connectivity index (χ4n) is 1.39. The zero-order valence-corrected chi connectivity index (χ0v) is 9.23. The Labute approximate surface area is 93.8 Å². The summed E-state index contributed by atoms with van der Waals surface area (Å²) in [5.74, 6) is -0.803. The molecule has 86 valence electrons. The van der Waals surface area contributed by atoms with Gasteiger partial charge in [0.25, 0.3) is 0 Å². The molecule has 0 amide bonds. The second-order valence-corrected chi connectivity index (χ2v) is 3.25. The number of hydrogen-bond acceptors (Lipinski definition) is 3. The van der Waals surface area contributed by atoms with E-state index < -0.39 is 5.97 Å². The van der Waals surface area contributed by atoms with Crippen molar-refractivity contribution in [3.05, 3.63) is 35.4 Å². The minimum atomic E-state index is -1.08. The van der Waals surface area contributed by atoms with Crippen molar-refractivity contribution >= 4 is 5.97 Å². The average Bonchev–Trinajstić information content (AvgIpc) is 2.26. The molecule has 16 heavy (non-hydrogen) atoms. The lowest BCUT2D eigenvalue weighted by atomic mass is 10.0. The maximum Gasteiger partial charge on any atom is 0.336 e. The van der Waals surface area contributed by atoms with E-state index in [0.717, 1.165) is 0 Å². The highest BCUT2D eigenvalue weighted by Crippen LogP contribution is 2.28. The van der Waals surface area contributed by atoms with Crippen LogP contribution in [0.3, 0.4) is 0 Å². The second kappa shape index (κ2) is 5.21. The van der Waals surface area contributed by atoms with Crippen LogP contribution in [-0.4, -0.2) is 23.3 Å². The molecule has 0 radical (unpaired) electrons. The van der Waals surface area contributed by atoms with Gasteiger partial charge in [0.1, 0.15) is 11.5 Å². The number of aromatic hydroxyl groups is 1. The highest BCUT2D eigenvalue weighted by molar-refractivity contribution is 5.91. The molecule has 0 saturated heterocycles. The predicted molar refractivity (Wildman–Crippen MR) is 60.1 cm³/mol. The molecular weight excluding hydrogens is 208 g/mol. The Morgan fingerprint density at radius 1 is 1.50 bits per heavy atom. The van der Waals surface area contributed by atoms with Crippen molar-refractivity contribution in [1.82, 2.24) is 0 Å². The normalized spacial score (nSPS) is 10.6. The second-order valence-electron chi connectivity index (χ2n) is 3.25. The van der Waals surface area contributed by atoms with Gasteiger partial charge in [0.2, 0.25) is 0 Å². The number of carboxylic acids is 1. The summed E-state index contributed by atoms with van der Waals surface area (Å²) in [6.45, 7) is 1.83. The minimum Gasteiger partial charge on any atom is -0.507 e. The van der Waals surface area contributed by atoms with Gasteiger partial charge in [0, 0.05) is 11.6 Å². The summed E-state index contributed by atoms with van der Waals surface area (Å²) in [5, 5.41) is 18.7. The summed E-state index contributed by atoms with van der Waals surface area (Å²) in [7, 11) is 1.42. The number of methoxy groups -OCH3 is 1. The fourth-order valence-corrected chi connectivity index (χ4v) is 1.39. The van der Waals surface area contributed by atoms with E-state index in [9.17, 15) is 9.90 Å². The van der Waals surface area contributed by atoms with Crippen LogP contribution in [0.4, 0.5) is 0 Å². The van der Waals surface area contributed by atoms with Crippen LogP contribution in [0, 0.1) is 0 Å². The van der Waals surface area contributed by atoms with Crippen LogP contribution in [-0.2, 0) is 6.42 Å². The zero-order chi connectivity index (χ0) is 12.1. The van der Waals surface area contributed by atoms with Crippen LogP contribution in [0.25, 0.3) is 0 Å². The van der Waals surface area contributed by atoms with Gasteiger partial charge in [-0.1, -0.05) is 12.2 Å². The smallest absolute Gasteiger partial charge is 0.336 e. The number of benzene rings is 1. The number of carboxylic acid groups (broad SMARTS) is 1. The molecule has 0 heterocycles. The number of carbonyl (C=O) groups is 1. The molecule has 1 rings (SSSR count). The van der Waals surface area contributed by atoms with Crippen molar-refractivity contribution in [2.45, 2.75) is 13.3 Å². The van der Waals surface area contributed by atoms with Crippen molar-refractivity contribution < 1.29 is 19.7 Å². The number of phenolic OH excluding ortho intramolecular Hbond substituents is 1. The van der Waals surface area contributed by atoms with Gasteiger partial charge in [-0.3, -0.25) is 0 Å². The Morgan fingerprint density at radius 3 is 2.69 bits per heavy atom. The molecule has 1 aromatic rings. The maximum atomic E-state index is 11.0. The summed E-state index contributed by atoms with van der Waals surface area (Å²) < 4.78 is 4.90. The molecule has 0 aliphatic carbocycles. The Hall–Kier alpha value is -1.97. The third kappa shape index (κ3) is 2.53. The van der Waals surface area contributed by atoms with Crippen molar-refractivity contribution in [2.24, 2.45) is 0 Å². The highest BCUT2D eigenvalue weighted by atomic mass is 16.5. The van der Waals surface area contributed by atoms with Gasteiger partial charge in [-0.25, -0.2) is 4.79 Å². The molecule has 2 N–H and O–H groups in total. The first-order chi connectivity index (χ1) is 7.60. The Morgan fingerprint density at radius 2 is 2.19 bits per heavy atom. The van der Waals surface area contributed by atoms with E-state index in [1.165, 1.54) is 19.2 Å². The van der Waals surface area contributed by atoms with E-state index in [0.29, 0.717) is 17.7 Å². The van der Waals surface area contributed by atoms with E-state index in [4.69, 9.17) is 9.84 Å². The lowest BCUT2D eigenvalue weighted by Crippen LogP contribution is -2.03. The van der Waals surface area contributed by atoms with Gasteiger partial charge in [-0.15, -0.1) is 0 Å². The summed E-state index contributed by atoms with van der Waals surface area (Å²) in [6.07, 6.45) is 3.97. The van der Waals surface area contributed by atoms with Crippen LogP contribution >= 0.6 is 0 Å². The van der Waals surface area contributed by atoms with Crippen LogP contribution in [0.1, 0.15) is 22.8 Å². The van der Waals surface area contributed by atoms with E-state index in [1.807, 2.05) is 6.92 Å². The van der Waals surface area contributed by atoms with Crippen LogP contribution in [0.5, 0.6) is 11.5 Å². The van der Waals surface area contributed by atoms with Gasteiger partial charge in [0.15, 0.2) is 0 Å². The van der Waals surface area contributed by atoms with Crippen LogP contribution in [0.15, 0.2) is 24.3 Å². The van der Waals surface area contributed by atoms with E-state index in [-0.39, 0.29) is 11.3 Å². The quantitative estimate of drug-likeness (QED) is 0.766. The summed E-state index contributed by atoms with van der Waals surface area (Å²) in [4.78, 5) is 11.0. The average molecular weight is 222 g/mol. The molecule has 0 atom stereocenters. The first kappa shape index (κ1) is 12.1. The van der Waals surface area contributed by atoms with Crippen LogP contribution < -0.4 is 4.74 Å². The lowest BCUT2D eigenvalue weighted by molar-refractivity contribution is 0.0695. The standard InChI is InChI=1S/C12H14O4/c1-3-4-5-9-10(12(14)15)6-8(16-2)7-11(9)13/h3-4,6-7,13H,5H2,1-2H3,(H,14,15)/b4-3+. The van der Waals surface area contributed by atoms with Crippen molar-refractivity contribution in [3.63, 3.8) is 0 Å². The highest BCUT2D eigenvalue weighted by Gasteiger charge is 2.15. The molecule has 4 heteroatoms. The van der Waals surface area contributed by atoms with Gasteiger partial charge in [-0.2, -0.15) is 0 Å². The topological polar surface area (TPSA) is 66.8 Å². The first-order valence-corrected chi connectivity index (χ1v) is 4.84. The van der Waals surface area contributed by atoms with E-state index in [1.54, 1.807) is 12.2 Å². The summed E-state index contributed by atoms with van der Waals surface area (Å²) in [5.41, 5.74) is 0.460. The van der Waals surface area contributed by atoms with Gasteiger partial charge in [-0.05, 0) is 19.4 Å². The monoisotopic (exact) mass is 222 g/mol. The molecule has 0 unspecified atom stereocenters. The molecular formula is C12H14O4. The third-order valence-electron chi connectivity index (χ3n) is 2.22. The molecule has 0 spiro atoms. The Kier molecular flexibility index (Phi) is 3.94. The molecule has 0 aliphatic heterocycles. The lowest BCUT2D eigenvalue weighted by Gasteiger charge is -2.09. The van der Waals surface area contributed by atoms with Crippen molar-refractivity contribution in [2.75, 3.05) is 7.11 Å². The number of rotatable bonds is 4. The van der Waals surface area contributed by atoms with E-state index >= 15 is 0 Å². The third-order valence-corrected chi connectivity index (χ3v) is 2.22. The molecule has 0 bridgehead atoms. The minimum absolute atomic E-state index is 0.0603. The molecule has 4 nitrogen and oxygen atoms in total. The Bertz CT molecular complexity index is 421. The number of phenols is 1.